The van der Waals surface area contributed by atoms with E-state index in [0.29, 0.717) is 11.1 Å². The van der Waals surface area contributed by atoms with Crippen LogP contribution in [0.4, 0.5) is 5.00 Å². The van der Waals surface area contributed by atoms with Crippen LogP contribution in [-0.2, 0) is 15.8 Å². The lowest BCUT2D eigenvalue weighted by Crippen LogP contribution is -2.15. The molecule has 8 heteroatoms. The molecule has 2 aromatic rings. The number of nitriles is 1. The summed E-state index contributed by atoms with van der Waals surface area (Å²) in [6.45, 7) is 0. The summed E-state index contributed by atoms with van der Waals surface area (Å²) < 4.78 is 26.4. The highest BCUT2D eigenvalue weighted by atomic mass is 32.2. The molecule has 108 valence electrons. The molecule has 0 aliphatic rings. The van der Waals surface area contributed by atoms with Crippen LogP contribution in [-0.4, -0.2) is 19.5 Å². The van der Waals surface area contributed by atoms with Gasteiger partial charge in [0.15, 0.2) is 0 Å². The van der Waals surface area contributed by atoms with Crippen LogP contribution in [0.2, 0.25) is 0 Å². The number of hydrogen-bond acceptors (Lipinski definition) is 5. The van der Waals surface area contributed by atoms with Crippen LogP contribution in [0.3, 0.4) is 0 Å². The zero-order chi connectivity index (χ0) is 15.5. The molecule has 0 fully saturated rings. The number of carbonyl (C=O) groups is 1. The molecule has 2 N–H and O–H groups in total. The average molecular weight is 322 g/mol. The first kappa shape index (κ1) is 15.0. The summed E-state index contributed by atoms with van der Waals surface area (Å²) in [5, 5.41) is 18.0. The molecule has 0 spiro atoms. The number of anilines is 1. The molecule has 1 heterocycles. The fourth-order valence-electron chi connectivity index (χ4n) is 1.66. The van der Waals surface area contributed by atoms with E-state index in [1.54, 1.807) is 24.3 Å². The van der Waals surface area contributed by atoms with E-state index in [1.807, 2.05) is 6.07 Å². The highest BCUT2D eigenvalue weighted by molar-refractivity contribution is 7.92. The predicted octanol–water partition coefficient (Wildman–Crippen LogP) is 2.26. The smallest absolute Gasteiger partial charge is 0.345 e. The topological polar surface area (TPSA) is 107 Å². The SMILES string of the molecule is N#Cc1ccccc1CS(=O)(=O)Nc1ccc(C(=O)O)s1. The van der Waals surface area contributed by atoms with Crippen molar-refractivity contribution in [2.24, 2.45) is 0 Å². The number of sulfonamides is 1. The monoisotopic (exact) mass is 322 g/mol. The molecule has 0 saturated carbocycles. The zero-order valence-corrected chi connectivity index (χ0v) is 12.2. The lowest BCUT2D eigenvalue weighted by molar-refractivity contribution is 0.0702. The fourth-order valence-corrected chi connectivity index (χ4v) is 3.91. The number of carboxylic acids is 1. The molecular formula is C13H10N2O4S2. The van der Waals surface area contributed by atoms with Crippen LogP contribution in [0.25, 0.3) is 0 Å². The minimum Gasteiger partial charge on any atom is -0.477 e. The molecule has 6 nitrogen and oxygen atoms in total. The van der Waals surface area contributed by atoms with E-state index in [0.717, 1.165) is 11.3 Å². The van der Waals surface area contributed by atoms with E-state index < -0.39 is 16.0 Å². The second kappa shape index (κ2) is 5.95. The number of thiophene rings is 1. The van der Waals surface area contributed by atoms with E-state index in [4.69, 9.17) is 10.4 Å². The van der Waals surface area contributed by atoms with Gasteiger partial charge in [-0.3, -0.25) is 4.72 Å². The van der Waals surface area contributed by atoms with Crippen molar-refractivity contribution < 1.29 is 18.3 Å². The Balaban J connectivity index is 2.19. The van der Waals surface area contributed by atoms with Crippen molar-refractivity contribution >= 4 is 32.3 Å². The van der Waals surface area contributed by atoms with Crippen molar-refractivity contribution in [3.63, 3.8) is 0 Å². The molecule has 21 heavy (non-hydrogen) atoms. The van der Waals surface area contributed by atoms with Gasteiger partial charge in [0, 0.05) is 0 Å². The normalized spacial score (nSPS) is 10.8. The summed E-state index contributed by atoms with van der Waals surface area (Å²) in [5.74, 6) is -1.46. The number of hydrogen-bond donors (Lipinski definition) is 2. The van der Waals surface area contributed by atoms with Gasteiger partial charge in [0.25, 0.3) is 0 Å². The maximum absolute atomic E-state index is 12.1. The summed E-state index contributed by atoms with van der Waals surface area (Å²) in [6, 6.07) is 11.1. The summed E-state index contributed by atoms with van der Waals surface area (Å²) in [4.78, 5) is 10.8. The van der Waals surface area contributed by atoms with Crippen molar-refractivity contribution in [2.45, 2.75) is 5.75 Å². The van der Waals surface area contributed by atoms with E-state index >= 15 is 0 Å². The van der Waals surface area contributed by atoms with Crippen LogP contribution >= 0.6 is 11.3 Å². The summed E-state index contributed by atoms with van der Waals surface area (Å²) in [7, 11) is -3.72. The van der Waals surface area contributed by atoms with Gasteiger partial charge in [-0.25, -0.2) is 13.2 Å². The van der Waals surface area contributed by atoms with E-state index in [1.165, 1.54) is 12.1 Å². The molecule has 0 amide bonds. The Morgan fingerprint density at radius 1 is 1.29 bits per heavy atom. The largest absolute Gasteiger partial charge is 0.477 e. The minimum absolute atomic E-state index is 0.0464. The lowest BCUT2D eigenvalue weighted by Gasteiger charge is -2.07. The predicted molar refractivity (Wildman–Crippen MR) is 78.7 cm³/mol. The first-order valence-electron chi connectivity index (χ1n) is 5.73. The van der Waals surface area contributed by atoms with Crippen molar-refractivity contribution in [2.75, 3.05) is 4.72 Å². The third-order valence-corrected chi connectivity index (χ3v) is 4.90. The molecule has 0 aliphatic heterocycles. The van der Waals surface area contributed by atoms with E-state index in [2.05, 4.69) is 4.72 Å². The summed E-state index contributed by atoms with van der Waals surface area (Å²) in [6.07, 6.45) is 0. The van der Waals surface area contributed by atoms with Gasteiger partial charge in [-0.05, 0) is 23.8 Å². The van der Waals surface area contributed by atoms with Gasteiger partial charge < -0.3 is 5.11 Å². The maximum atomic E-state index is 12.1. The quantitative estimate of drug-likeness (QED) is 0.878. The number of nitrogens with zero attached hydrogens (tertiary/aromatic N) is 1. The Morgan fingerprint density at radius 2 is 2.00 bits per heavy atom. The van der Waals surface area contributed by atoms with E-state index in [-0.39, 0.29) is 15.6 Å². The molecule has 0 atom stereocenters. The molecule has 1 aromatic heterocycles. The Labute approximate surface area is 125 Å². The molecule has 1 aromatic carbocycles. The van der Waals surface area contributed by atoms with Crippen molar-refractivity contribution in [3.05, 3.63) is 52.4 Å². The Bertz CT molecular complexity index is 819. The van der Waals surface area contributed by atoms with Crippen LogP contribution in [0.15, 0.2) is 36.4 Å². The summed E-state index contributed by atoms with van der Waals surface area (Å²) >= 11 is 0.834. The van der Waals surface area contributed by atoms with Crippen molar-refractivity contribution in [3.8, 4) is 6.07 Å². The van der Waals surface area contributed by atoms with Gasteiger partial charge in [-0.1, -0.05) is 18.2 Å². The van der Waals surface area contributed by atoms with Gasteiger partial charge in [-0.15, -0.1) is 11.3 Å². The molecular weight excluding hydrogens is 312 g/mol. The summed E-state index contributed by atoms with van der Waals surface area (Å²) in [5.41, 5.74) is 0.683. The third kappa shape index (κ3) is 3.81. The first-order chi connectivity index (χ1) is 9.91. The zero-order valence-electron chi connectivity index (χ0n) is 10.6. The van der Waals surface area contributed by atoms with Gasteiger partial charge in [-0.2, -0.15) is 5.26 Å². The van der Waals surface area contributed by atoms with Crippen molar-refractivity contribution in [1.29, 1.82) is 5.26 Å². The molecule has 0 unspecified atom stereocenters. The van der Waals surface area contributed by atoms with Gasteiger partial charge in [0.05, 0.1) is 17.4 Å². The lowest BCUT2D eigenvalue weighted by atomic mass is 10.1. The third-order valence-electron chi connectivity index (χ3n) is 2.56. The second-order valence-electron chi connectivity index (χ2n) is 4.10. The highest BCUT2D eigenvalue weighted by Gasteiger charge is 2.16. The number of benzene rings is 1. The molecule has 0 bridgehead atoms. The minimum atomic E-state index is -3.72. The van der Waals surface area contributed by atoms with Crippen LogP contribution in [0.5, 0.6) is 0 Å². The van der Waals surface area contributed by atoms with Gasteiger partial charge in [0.1, 0.15) is 9.88 Å². The number of aromatic carboxylic acids is 1. The molecule has 0 aliphatic carbocycles. The molecule has 0 radical (unpaired) electrons. The fraction of sp³-hybridized carbons (Fsp3) is 0.0769. The van der Waals surface area contributed by atoms with Gasteiger partial charge in [0.2, 0.25) is 10.0 Å². The Kier molecular flexibility index (Phi) is 4.26. The second-order valence-corrected chi connectivity index (χ2v) is 6.91. The highest BCUT2D eigenvalue weighted by Crippen LogP contribution is 2.24. The van der Waals surface area contributed by atoms with Crippen LogP contribution in [0, 0.1) is 11.3 Å². The van der Waals surface area contributed by atoms with Crippen LogP contribution < -0.4 is 4.72 Å². The number of nitrogens with one attached hydrogen (secondary N) is 1. The van der Waals surface area contributed by atoms with Gasteiger partial charge >= 0.3 is 5.97 Å². The standard InChI is InChI=1S/C13H10N2O4S2/c14-7-9-3-1-2-4-10(9)8-21(18,19)15-12-6-5-11(20-12)13(16)17/h1-6,15H,8H2,(H,16,17). The van der Waals surface area contributed by atoms with Crippen molar-refractivity contribution in [1.82, 2.24) is 0 Å². The first-order valence-corrected chi connectivity index (χ1v) is 8.20. The average Bonchev–Trinajstić information content (AvgIpc) is 2.86. The molecule has 0 saturated heterocycles. The Morgan fingerprint density at radius 3 is 2.62 bits per heavy atom. The Hall–Kier alpha value is -2.37. The van der Waals surface area contributed by atoms with Crippen LogP contribution in [0.1, 0.15) is 20.8 Å². The number of rotatable bonds is 5. The maximum Gasteiger partial charge on any atom is 0.345 e. The van der Waals surface area contributed by atoms with E-state index in [9.17, 15) is 13.2 Å². The number of carboxylic acid groups (broad SMARTS) is 1. The molecule has 2 rings (SSSR count).